The van der Waals surface area contributed by atoms with E-state index in [-0.39, 0.29) is 22.4 Å². The van der Waals surface area contributed by atoms with Crippen LogP contribution in [-0.4, -0.2) is 34.4 Å². The van der Waals surface area contributed by atoms with Crippen molar-refractivity contribution >= 4 is 52.5 Å². The Hall–Kier alpha value is -2.75. The summed E-state index contributed by atoms with van der Waals surface area (Å²) in [5, 5.41) is 22.5. The van der Waals surface area contributed by atoms with E-state index in [9.17, 15) is 14.7 Å². The Morgan fingerprint density at radius 1 is 1.16 bits per heavy atom. The summed E-state index contributed by atoms with van der Waals surface area (Å²) in [7, 11) is 0. The zero-order chi connectivity index (χ0) is 22.2. The molecule has 0 bridgehead atoms. The minimum Gasteiger partial charge on any atom is -0.545 e. The van der Waals surface area contributed by atoms with Crippen LogP contribution in [0, 0.1) is 0 Å². The average Bonchev–Trinajstić information content (AvgIpc) is 3.19. The number of thioether (sulfide) groups is 1. The molecule has 31 heavy (non-hydrogen) atoms. The molecule has 162 valence electrons. The van der Waals surface area contributed by atoms with E-state index < -0.39 is 5.97 Å². The van der Waals surface area contributed by atoms with Gasteiger partial charge in [-0.1, -0.05) is 47.1 Å². The molecule has 0 saturated carbocycles. The van der Waals surface area contributed by atoms with E-state index in [1.807, 2.05) is 0 Å². The van der Waals surface area contributed by atoms with Gasteiger partial charge < -0.3 is 24.4 Å². The van der Waals surface area contributed by atoms with E-state index in [1.165, 1.54) is 18.2 Å². The van der Waals surface area contributed by atoms with Gasteiger partial charge >= 0.3 is 0 Å². The summed E-state index contributed by atoms with van der Waals surface area (Å²) in [6.07, 6.45) is 1.13. The molecule has 0 atom stereocenters. The number of ether oxygens (including phenoxy) is 1. The SMILES string of the molecule is O=C(CSc1nnc(CCCOc2ccc(Cl)cc2Cl)o1)Nc1cccc(C(=O)[O-])c1. The van der Waals surface area contributed by atoms with Crippen LogP contribution in [0.1, 0.15) is 22.7 Å². The van der Waals surface area contributed by atoms with Crippen LogP contribution in [0.2, 0.25) is 10.0 Å². The Morgan fingerprint density at radius 2 is 2.00 bits per heavy atom. The van der Waals surface area contributed by atoms with Crippen molar-refractivity contribution in [1.82, 2.24) is 10.2 Å². The van der Waals surface area contributed by atoms with Gasteiger partial charge in [0.2, 0.25) is 11.8 Å². The third kappa shape index (κ3) is 7.16. The summed E-state index contributed by atoms with van der Waals surface area (Å²) in [6.45, 7) is 0.402. The quantitative estimate of drug-likeness (QED) is 0.346. The number of aromatic nitrogens is 2. The summed E-state index contributed by atoms with van der Waals surface area (Å²) in [5.74, 6) is -0.659. The smallest absolute Gasteiger partial charge is 0.277 e. The zero-order valence-electron chi connectivity index (χ0n) is 16.0. The fourth-order valence-electron chi connectivity index (χ4n) is 2.44. The number of halogens is 2. The maximum atomic E-state index is 12.0. The first kappa shape index (κ1) is 22.9. The number of aromatic carboxylic acids is 1. The highest BCUT2D eigenvalue weighted by Crippen LogP contribution is 2.27. The Balaban J connectivity index is 1.40. The van der Waals surface area contributed by atoms with E-state index in [0.717, 1.165) is 11.8 Å². The second-order valence-corrected chi connectivity index (χ2v) is 7.96. The molecule has 0 radical (unpaired) electrons. The second kappa shape index (κ2) is 11.0. The van der Waals surface area contributed by atoms with Gasteiger partial charge in [-0.05, 0) is 42.3 Å². The summed E-state index contributed by atoms with van der Waals surface area (Å²) in [5.41, 5.74) is 0.341. The molecule has 3 aromatic rings. The van der Waals surface area contributed by atoms with Crippen molar-refractivity contribution in [3.63, 3.8) is 0 Å². The highest BCUT2D eigenvalue weighted by molar-refractivity contribution is 7.99. The standard InChI is InChI=1S/C20H17Cl2N3O5S/c21-13-6-7-16(15(22)10-13)29-8-2-5-18-24-25-20(30-18)31-11-17(26)23-14-4-1-3-12(9-14)19(27)28/h1,3-4,6-7,9-10H,2,5,8,11H2,(H,23,26)(H,27,28)/p-1. The summed E-state index contributed by atoms with van der Waals surface area (Å²) >= 11 is 13.0. The Bertz CT molecular complexity index is 1080. The summed E-state index contributed by atoms with van der Waals surface area (Å²) in [6, 6.07) is 10.8. The van der Waals surface area contributed by atoms with Gasteiger partial charge in [0, 0.05) is 17.1 Å². The van der Waals surface area contributed by atoms with Gasteiger partial charge in [0.15, 0.2) is 0 Å². The number of nitrogens with zero attached hydrogens (tertiary/aromatic N) is 2. The van der Waals surface area contributed by atoms with Crippen molar-refractivity contribution in [3.05, 3.63) is 64.0 Å². The molecule has 1 N–H and O–H groups in total. The molecular formula is C20H16Cl2N3O5S-. The van der Waals surface area contributed by atoms with Crippen molar-refractivity contribution < 1.29 is 23.8 Å². The largest absolute Gasteiger partial charge is 0.545 e. The van der Waals surface area contributed by atoms with Gasteiger partial charge in [-0.25, -0.2) is 0 Å². The van der Waals surface area contributed by atoms with Gasteiger partial charge in [0.1, 0.15) is 5.75 Å². The Kier molecular flexibility index (Phi) is 8.16. The number of rotatable bonds is 10. The zero-order valence-corrected chi connectivity index (χ0v) is 18.3. The van der Waals surface area contributed by atoms with Gasteiger partial charge in [0.05, 0.1) is 23.4 Å². The van der Waals surface area contributed by atoms with Crippen LogP contribution in [0.25, 0.3) is 0 Å². The van der Waals surface area contributed by atoms with Crippen LogP contribution in [0.4, 0.5) is 5.69 Å². The molecule has 11 heteroatoms. The lowest BCUT2D eigenvalue weighted by Crippen LogP contribution is -2.22. The molecular weight excluding hydrogens is 465 g/mol. The Morgan fingerprint density at radius 3 is 2.77 bits per heavy atom. The summed E-state index contributed by atoms with van der Waals surface area (Å²) in [4.78, 5) is 22.9. The number of carbonyl (C=O) groups is 2. The van der Waals surface area contributed by atoms with Crippen LogP contribution < -0.4 is 15.2 Å². The molecule has 1 aromatic heterocycles. The number of benzene rings is 2. The fraction of sp³-hybridized carbons (Fsp3) is 0.200. The third-order valence-corrected chi connectivity index (χ3v) is 5.19. The summed E-state index contributed by atoms with van der Waals surface area (Å²) < 4.78 is 11.1. The molecule has 3 rings (SSSR count). The number of anilines is 1. The highest BCUT2D eigenvalue weighted by atomic mass is 35.5. The fourth-order valence-corrected chi connectivity index (χ4v) is 3.49. The van der Waals surface area contributed by atoms with Crippen molar-refractivity contribution in [2.75, 3.05) is 17.7 Å². The van der Waals surface area contributed by atoms with Crippen molar-refractivity contribution in [3.8, 4) is 5.75 Å². The predicted octanol–water partition coefficient (Wildman–Crippen LogP) is 3.48. The molecule has 1 amide bonds. The number of hydrogen-bond acceptors (Lipinski definition) is 8. The van der Waals surface area contributed by atoms with Crippen LogP contribution in [-0.2, 0) is 11.2 Å². The lowest BCUT2D eigenvalue weighted by atomic mass is 10.2. The number of amides is 1. The first-order valence-electron chi connectivity index (χ1n) is 9.05. The van der Waals surface area contributed by atoms with Gasteiger partial charge in [-0.15, -0.1) is 10.2 Å². The molecule has 0 aliphatic rings. The van der Waals surface area contributed by atoms with Crippen molar-refractivity contribution in [2.24, 2.45) is 0 Å². The lowest BCUT2D eigenvalue weighted by Gasteiger charge is -2.07. The molecule has 1 heterocycles. The molecule has 0 spiro atoms. The number of nitrogens with one attached hydrogen (secondary N) is 1. The monoisotopic (exact) mass is 480 g/mol. The average molecular weight is 481 g/mol. The second-order valence-electron chi connectivity index (χ2n) is 6.19. The van der Waals surface area contributed by atoms with E-state index in [4.69, 9.17) is 32.4 Å². The van der Waals surface area contributed by atoms with Crippen LogP contribution in [0.5, 0.6) is 5.75 Å². The first-order valence-corrected chi connectivity index (χ1v) is 10.8. The third-order valence-electron chi connectivity index (χ3n) is 3.84. The van der Waals surface area contributed by atoms with E-state index >= 15 is 0 Å². The van der Waals surface area contributed by atoms with Crippen LogP contribution in [0.15, 0.2) is 52.1 Å². The minimum absolute atomic E-state index is 0.0192. The molecule has 0 aliphatic carbocycles. The van der Waals surface area contributed by atoms with Gasteiger partial charge in [0.25, 0.3) is 5.22 Å². The number of hydrogen-bond donors (Lipinski definition) is 1. The topological polar surface area (TPSA) is 117 Å². The maximum Gasteiger partial charge on any atom is 0.277 e. The molecule has 0 fully saturated rings. The van der Waals surface area contributed by atoms with E-state index in [0.29, 0.717) is 46.8 Å². The number of carboxylic acid groups (broad SMARTS) is 1. The van der Waals surface area contributed by atoms with Gasteiger partial charge in [-0.3, -0.25) is 4.79 Å². The number of carbonyl (C=O) groups excluding carboxylic acids is 2. The van der Waals surface area contributed by atoms with Gasteiger partial charge in [-0.2, -0.15) is 0 Å². The Labute approximate surface area is 191 Å². The van der Waals surface area contributed by atoms with E-state index in [1.54, 1.807) is 24.3 Å². The highest BCUT2D eigenvalue weighted by Gasteiger charge is 2.11. The van der Waals surface area contributed by atoms with Crippen molar-refractivity contribution in [2.45, 2.75) is 18.1 Å². The first-order chi connectivity index (χ1) is 14.9. The molecule has 2 aromatic carbocycles. The molecule has 0 saturated heterocycles. The molecule has 8 nitrogen and oxygen atoms in total. The van der Waals surface area contributed by atoms with E-state index in [2.05, 4.69) is 15.5 Å². The van der Waals surface area contributed by atoms with Crippen LogP contribution in [0.3, 0.4) is 0 Å². The maximum absolute atomic E-state index is 12.0. The molecule has 0 aliphatic heterocycles. The van der Waals surface area contributed by atoms with Crippen molar-refractivity contribution in [1.29, 1.82) is 0 Å². The number of aryl methyl sites for hydroxylation is 1. The minimum atomic E-state index is -1.31. The number of carboxylic acids is 1. The predicted molar refractivity (Wildman–Crippen MR) is 115 cm³/mol. The normalized spacial score (nSPS) is 10.6. The van der Waals surface area contributed by atoms with Crippen LogP contribution >= 0.6 is 35.0 Å². The molecule has 0 unspecified atom stereocenters. The lowest BCUT2D eigenvalue weighted by molar-refractivity contribution is -0.255.